The number of aromatic nitrogens is 2. The molecular weight excluding hydrogens is 292 g/mol. The minimum atomic E-state index is -3.78. The fourth-order valence-electron chi connectivity index (χ4n) is 2.01. The number of hydrogen-bond acceptors (Lipinski definition) is 5. The van der Waals surface area contributed by atoms with Crippen molar-refractivity contribution in [2.24, 2.45) is 7.05 Å². The van der Waals surface area contributed by atoms with Crippen LogP contribution in [0.3, 0.4) is 0 Å². The van der Waals surface area contributed by atoms with Crippen molar-refractivity contribution >= 4 is 21.4 Å². The third-order valence-electron chi connectivity index (χ3n) is 3.25. The van der Waals surface area contributed by atoms with E-state index in [1.165, 1.54) is 19.2 Å². The summed E-state index contributed by atoms with van der Waals surface area (Å²) in [5.41, 5.74) is 7.72. The lowest BCUT2D eigenvalue weighted by molar-refractivity contribution is 0.414. The highest BCUT2D eigenvalue weighted by Crippen LogP contribution is 2.27. The Morgan fingerprint density at radius 2 is 2.00 bits per heavy atom. The van der Waals surface area contributed by atoms with Crippen LogP contribution in [0.15, 0.2) is 23.1 Å². The molecule has 8 heteroatoms. The topological polar surface area (TPSA) is 99.2 Å². The zero-order valence-corrected chi connectivity index (χ0v) is 13.2. The van der Waals surface area contributed by atoms with Crippen LogP contribution >= 0.6 is 0 Å². The Hall–Kier alpha value is -2.22. The highest BCUT2D eigenvalue weighted by Gasteiger charge is 2.21. The summed E-state index contributed by atoms with van der Waals surface area (Å²) in [7, 11) is -0.543. The predicted molar refractivity (Wildman–Crippen MR) is 80.9 cm³/mol. The lowest BCUT2D eigenvalue weighted by Crippen LogP contribution is -2.16. The van der Waals surface area contributed by atoms with Crippen molar-refractivity contribution in [1.82, 2.24) is 9.78 Å². The third-order valence-corrected chi connectivity index (χ3v) is 4.68. The van der Waals surface area contributed by atoms with E-state index >= 15 is 0 Å². The number of nitrogen functional groups attached to an aromatic ring is 1. The van der Waals surface area contributed by atoms with Crippen LogP contribution in [0.5, 0.6) is 5.75 Å². The summed E-state index contributed by atoms with van der Waals surface area (Å²) in [6, 6.07) is 4.43. The number of hydrogen-bond donors (Lipinski definition) is 2. The zero-order chi connectivity index (χ0) is 15.8. The smallest absolute Gasteiger partial charge is 0.264 e. The molecule has 0 aliphatic carbocycles. The average molecular weight is 310 g/mol. The summed E-state index contributed by atoms with van der Waals surface area (Å²) in [6.07, 6.45) is 0. The van der Waals surface area contributed by atoms with Crippen molar-refractivity contribution in [2.75, 3.05) is 17.6 Å². The number of ether oxygens (including phenoxy) is 1. The van der Waals surface area contributed by atoms with E-state index in [1.807, 2.05) is 0 Å². The molecule has 0 unspecified atom stereocenters. The lowest BCUT2D eigenvalue weighted by atomic mass is 10.3. The maximum Gasteiger partial charge on any atom is 0.264 e. The minimum Gasteiger partial charge on any atom is -0.497 e. The van der Waals surface area contributed by atoms with Crippen LogP contribution in [0.2, 0.25) is 0 Å². The van der Waals surface area contributed by atoms with E-state index < -0.39 is 10.0 Å². The molecule has 3 N–H and O–H groups in total. The summed E-state index contributed by atoms with van der Waals surface area (Å²) in [5, 5.41) is 4.18. The summed E-state index contributed by atoms with van der Waals surface area (Å²) in [6.45, 7) is 3.53. The molecule has 1 aromatic carbocycles. The van der Waals surface area contributed by atoms with E-state index in [-0.39, 0.29) is 10.6 Å². The monoisotopic (exact) mass is 310 g/mol. The molecule has 0 fully saturated rings. The van der Waals surface area contributed by atoms with Crippen LogP contribution in [0, 0.1) is 13.8 Å². The molecule has 2 rings (SSSR count). The van der Waals surface area contributed by atoms with Crippen LogP contribution in [-0.4, -0.2) is 25.3 Å². The minimum absolute atomic E-state index is 0.00551. The maximum atomic E-state index is 12.5. The molecule has 114 valence electrons. The van der Waals surface area contributed by atoms with Gasteiger partial charge >= 0.3 is 0 Å². The number of nitrogens with two attached hydrogens (primary N) is 1. The van der Waals surface area contributed by atoms with Crippen molar-refractivity contribution in [1.29, 1.82) is 0 Å². The second-order valence-electron chi connectivity index (χ2n) is 4.68. The maximum absolute atomic E-state index is 12.5. The highest BCUT2D eigenvalue weighted by atomic mass is 32.2. The molecule has 0 aliphatic rings. The average Bonchev–Trinajstić information content (AvgIpc) is 2.64. The Balaban J connectivity index is 2.43. The van der Waals surface area contributed by atoms with Crippen molar-refractivity contribution < 1.29 is 13.2 Å². The molecule has 0 radical (unpaired) electrons. The number of anilines is 2. The second-order valence-corrected chi connectivity index (χ2v) is 6.33. The molecule has 7 nitrogen and oxygen atoms in total. The van der Waals surface area contributed by atoms with Crippen molar-refractivity contribution in [3.05, 3.63) is 29.6 Å². The van der Waals surface area contributed by atoms with Gasteiger partial charge in [0, 0.05) is 13.1 Å². The number of sulfonamides is 1. The molecule has 1 aromatic heterocycles. The molecule has 0 bridgehead atoms. The van der Waals surface area contributed by atoms with Gasteiger partial charge in [0.2, 0.25) is 0 Å². The van der Waals surface area contributed by atoms with Gasteiger partial charge in [0.15, 0.2) is 0 Å². The molecule has 0 saturated heterocycles. The molecular formula is C13H18N4O3S. The Bertz CT molecular complexity index is 781. The summed E-state index contributed by atoms with van der Waals surface area (Å²) < 4.78 is 34.1. The Morgan fingerprint density at radius 1 is 1.33 bits per heavy atom. The molecule has 1 heterocycles. The summed E-state index contributed by atoms with van der Waals surface area (Å²) >= 11 is 0. The number of methoxy groups -OCH3 is 1. The third kappa shape index (κ3) is 2.80. The van der Waals surface area contributed by atoms with Crippen LogP contribution in [0.4, 0.5) is 11.4 Å². The van der Waals surface area contributed by atoms with Crippen LogP contribution in [0.25, 0.3) is 0 Å². The van der Waals surface area contributed by atoms with Gasteiger partial charge in [-0.25, -0.2) is 8.42 Å². The van der Waals surface area contributed by atoms with E-state index in [0.29, 0.717) is 17.1 Å². The van der Waals surface area contributed by atoms with Gasteiger partial charge in [-0.3, -0.25) is 9.40 Å². The summed E-state index contributed by atoms with van der Waals surface area (Å²) in [5.74, 6) is 0.500. The predicted octanol–water partition coefficient (Wildman–Crippen LogP) is 1.43. The van der Waals surface area contributed by atoms with Gasteiger partial charge in [0.1, 0.15) is 10.6 Å². The van der Waals surface area contributed by atoms with E-state index in [0.717, 1.165) is 5.69 Å². The highest BCUT2D eigenvalue weighted by molar-refractivity contribution is 7.92. The van der Waals surface area contributed by atoms with Gasteiger partial charge < -0.3 is 10.5 Å². The first-order valence-electron chi connectivity index (χ1n) is 6.23. The van der Waals surface area contributed by atoms with Crippen molar-refractivity contribution in [3.8, 4) is 5.75 Å². The van der Waals surface area contributed by atoms with Gasteiger partial charge in [0.05, 0.1) is 29.9 Å². The van der Waals surface area contributed by atoms with Gasteiger partial charge in [-0.15, -0.1) is 0 Å². The first-order chi connectivity index (χ1) is 9.76. The zero-order valence-electron chi connectivity index (χ0n) is 12.3. The first kappa shape index (κ1) is 15.2. The van der Waals surface area contributed by atoms with E-state index in [9.17, 15) is 8.42 Å². The quantitative estimate of drug-likeness (QED) is 0.832. The van der Waals surface area contributed by atoms with Gasteiger partial charge in [-0.05, 0) is 26.0 Å². The lowest BCUT2D eigenvalue weighted by Gasteiger charge is -2.11. The van der Waals surface area contributed by atoms with E-state index in [1.54, 1.807) is 31.6 Å². The van der Waals surface area contributed by atoms with Gasteiger partial charge in [-0.2, -0.15) is 5.10 Å². The second kappa shape index (κ2) is 5.28. The number of nitrogens with zero attached hydrogens (tertiary/aromatic N) is 2. The fourth-order valence-corrected chi connectivity index (χ4v) is 3.30. The molecule has 2 aromatic rings. The number of aryl methyl sites for hydroxylation is 2. The molecule has 21 heavy (non-hydrogen) atoms. The molecule has 0 saturated carbocycles. The fraction of sp³-hybridized carbons (Fsp3) is 0.308. The normalized spacial score (nSPS) is 11.4. The molecule has 0 aliphatic heterocycles. The van der Waals surface area contributed by atoms with E-state index in [4.69, 9.17) is 10.5 Å². The van der Waals surface area contributed by atoms with Crippen LogP contribution in [-0.2, 0) is 17.1 Å². The largest absolute Gasteiger partial charge is 0.497 e. The van der Waals surface area contributed by atoms with E-state index in [2.05, 4.69) is 9.82 Å². The SMILES string of the molecule is COc1ccc(S(=O)(=O)Nc2c(C)nn(C)c2C)c(N)c1. The number of nitrogens with one attached hydrogen (secondary N) is 1. The number of rotatable bonds is 4. The molecule has 0 spiro atoms. The molecule has 0 amide bonds. The van der Waals surface area contributed by atoms with Crippen molar-refractivity contribution in [3.63, 3.8) is 0 Å². The number of benzene rings is 1. The van der Waals surface area contributed by atoms with Crippen LogP contribution < -0.4 is 15.2 Å². The Morgan fingerprint density at radius 3 is 2.48 bits per heavy atom. The van der Waals surface area contributed by atoms with Crippen LogP contribution in [0.1, 0.15) is 11.4 Å². The standard InChI is InChI=1S/C13H18N4O3S/c1-8-13(9(2)17(3)15-8)16-21(18,19)12-6-5-10(20-4)7-11(12)14/h5-7,16H,14H2,1-4H3. The Kier molecular flexibility index (Phi) is 3.82. The Labute approximate surface area is 123 Å². The summed E-state index contributed by atoms with van der Waals surface area (Å²) in [4.78, 5) is 0.00551. The molecule has 0 atom stereocenters. The van der Waals surface area contributed by atoms with Gasteiger partial charge in [0.25, 0.3) is 10.0 Å². The van der Waals surface area contributed by atoms with Gasteiger partial charge in [-0.1, -0.05) is 0 Å². The van der Waals surface area contributed by atoms with Crippen molar-refractivity contribution in [2.45, 2.75) is 18.7 Å². The first-order valence-corrected chi connectivity index (χ1v) is 7.71.